The summed E-state index contributed by atoms with van der Waals surface area (Å²) in [6, 6.07) is 18.8. The highest BCUT2D eigenvalue weighted by atomic mass is 16.5. The fourth-order valence-corrected chi connectivity index (χ4v) is 4.27. The van der Waals surface area contributed by atoms with Gasteiger partial charge < -0.3 is 20.1 Å². The Labute approximate surface area is 216 Å². The third-order valence-electron chi connectivity index (χ3n) is 5.99. The molecule has 0 unspecified atom stereocenters. The van der Waals surface area contributed by atoms with Gasteiger partial charge in [-0.1, -0.05) is 35.9 Å². The number of methoxy groups -OCH3 is 2. The van der Waals surface area contributed by atoms with Crippen LogP contribution in [-0.4, -0.2) is 42.4 Å². The normalized spacial score (nSPS) is 10.6. The number of para-hydroxylation sites is 1. The monoisotopic (exact) mass is 498 g/mol. The number of nitrogens with one attached hydrogen (secondary N) is 2. The minimum Gasteiger partial charge on any atom is -0.493 e. The first-order chi connectivity index (χ1) is 17.8. The van der Waals surface area contributed by atoms with Crippen LogP contribution in [0.2, 0.25) is 0 Å². The largest absolute Gasteiger partial charge is 0.493 e. The summed E-state index contributed by atoms with van der Waals surface area (Å²) >= 11 is 0. The average molecular weight is 499 g/mol. The van der Waals surface area contributed by atoms with Crippen molar-refractivity contribution in [3.05, 3.63) is 89.1 Å². The Hall–Kier alpha value is -4.59. The van der Waals surface area contributed by atoms with Crippen molar-refractivity contribution in [1.82, 2.24) is 15.1 Å². The summed E-state index contributed by atoms with van der Waals surface area (Å²) in [6.07, 6.45) is 1.66. The molecule has 0 aliphatic heterocycles. The quantitative estimate of drug-likeness (QED) is 0.362. The Balaban J connectivity index is 1.60. The van der Waals surface area contributed by atoms with E-state index in [0.29, 0.717) is 28.3 Å². The molecule has 0 fully saturated rings. The van der Waals surface area contributed by atoms with E-state index in [2.05, 4.69) is 15.7 Å². The molecule has 190 valence electrons. The molecular formula is C29H30N4O4. The van der Waals surface area contributed by atoms with Crippen molar-refractivity contribution in [1.29, 1.82) is 0 Å². The van der Waals surface area contributed by atoms with Gasteiger partial charge in [0.2, 0.25) is 5.91 Å². The number of aromatic nitrogens is 2. The maximum atomic E-state index is 13.3. The molecule has 4 rings (SSSR count). The van der Waals surface area contributed by atoms with E-state index in [1.165, 1.54) is 0 Å². The number of benzene rings is 3. The lowest BCUT2D eigenvalue weighted by Crippen LogP contribution is -2.33. The van der Waals surface area contributed by atoms with Crippen LogP contribution in [0.15, 0.2) is 66.9 Å². The molecule has 1 heterocycles. The second-order valence-corrected chi connectivity index (χ2v) is 8.75. The van der Waals surface area contributed by atoms with Gasteiger partial charge in [-0.2, -0.15) is 5.10 Å². The van der Waals surface area contributed by atoms with Crippen molar-refractivity contribution in [2.24, 2.45) is 0 Å². The zero-order valence-electron chi connectivity index (χ0n) is 21.6. The van der Waals surface area contributed by atoms with Gasteiger partial charge in [-0.3, -0.25) is 9.59 Å². The first kappa shape index (κ1) is 25.5. The predicted molar refractivity (Wildman–Crippen MR) is 144 cm³/mol. The van der Waals surface area contributed by atoms with E-state index >= 15 is 0 Å². The Kier molecular flexibility index (Phi) is 7.57. The SMILES string of the molecule is COc1ccc(-c2nn(-c3ccccc3)cc2C(=O)NCC(=O)Nc2c(C)cc(C)cc2C)cc1OC. The van der Waals surface area contributed by atoms with Gasteiger partial charge in [-0.05, 0) is 62.2 Å². The number of hydrogen-bond donors (Lipinski definition) is 2. The number of carbonyl (C=O) groups is 2. The van der Waals surface area contributed by atoms with Gasteiger partial charge in [0.15, 0.2) is 11.5 Å². The first-order valence-electron chi connectivity index (χ1n) is 11.8. The lowest BCUT2D eigenvalue weighted by atomic mass is 10.1. The number of anilines is 1. The molecular weight excluding hydrogens is 468 g/mol. The minimum absolute atomic E-state index is 0.187. The average Bonchev–Trinajstić information content (AvgIpc) is 3.35. The van der Waals surface area contributed by atoms with Crippen LogP contribution in [0.3, 0.4) is 0 Å². The first-order valence-corrected chi connectivity index (χ1v) is 11.8. The molecule has 2 N–H and O–H groups in total. The van der Waals surface area contributed by atoms with E-state index in [1.807, 2.05) is 69.3 Å². The van der Waals surface area contributed by atoms with E-state index in [0.717, 1.165) is 28.1 Å². The fraction of sp³-hybridized carbons (Fsp3) is 0.207. The summed E-state index contributed by atoms with van der Waals surface area (Å²) < 4.78 is 12.4. The van der Waals surface area contributed by atoms with Crippen LogP contribution in [0.4, 0.5) is 5.69 Å². The predicted octanol–water partition coefficient (Wildman–Crippen LogP) is 4.85. The summed E-state index contributed by atoms with van der Waals surface area (Å²) in [5, 5.41) is 10.3. The van der Waals surface area contributed by atoms with Gasteiger partial charge in [0, 0.05) is 17.4 Å². The van der Waals surface area contributed by atoms with E-state index in [-0.39, 0.29) is 12.5 Å². The third-order valence-corrected chi connectivity index (χ3v) is 5.99. The van der Waals surface area contributed by atoms with Crippen molar-refractivity contribution in [2.45, 2.75) is 20.8 Å². The number of ether oxygens (including phenoxy) is 2. The number of hydrogen-bond acceptors (Lipinski definition) is 5. The van der Waals surface area contributed by atoms with Crippen LogP contribution in [0.1, 0.15) is 27.0 Å². The van der Waals surface area contributed by atoms with Gasteiger partial charge in [0.05, 0.1) is 32.0 Å². The van der Waals surface area contributed by atoms with E-state index in [4.69, 9.17) is 9.47 Å². The molecule has 0 bridgehead atoms. The molecule has 1 aromatic heterocycles. The Morgan fingerprint density at radius 2 is 1.57 bits per heavy atom. The van der Waals surface area contributed by atoms with Gasteiger partial charge in [0.25, 0.3) is 5.91 Å². The van der Waals surface area contributed by atoms with Crippen LogP contribution in [0, 0.1) is 20.8 Å². The maximum absolute atomic E-state index is 13.3. The summed E-state index contributed by atoms with van der Waals surface area (Å²) in [7, 11) is 3.11. The Bertz CT molecular complexity index is 1420. The number of amides is 2. The van der Waals surface area contributed by atoms with Gasteiger partial charge in [-0.15, -0.1) is 0 Å². The molecule has 0 saturated heterocycles. The summed E-state index contributed by atoms with van der Waals surface area (Å²) in [6.45, 7) is 5.72. The Morgan fingerprint density at radius 1 is 0.892 bits per heavy atom. The molecule has 0 aliphatic carbocycles. The molecule has 8 nitrogen and oxygen atoms in total. The molecule has 0 radical (unpaired) electrons. The van der Waals surface area contributed by atoms with Crippen molar-refractivity contribution in [2.75, 3.05) is 26.1 Å². The van der Waals surface area contributed by atoms with E-state index < -0.39 is 5.91 Å². The molecule has 2 amide bonds. The lowest BCUT2D eigenvalue weighted by Gasteiger charge is -2.13. The van der Waals surface area contributed by atoms with Crippen molar-refractivity contribution >= 4 is 17.5 Å². The molecule has 0 aliphatic rings. The highest BCUT2D eigenvalue weighted by Gasteiger charge is 2.21. The fourth-order valence-electron chi connectivity index (χ4n) is 4.27. The van der Waals surface area contributed by atoms with Gasteiger partial charge in [-0.25, -0.2) is 4.68 Å². The zero-order chi connectivity index (χ0) is 26.5. The van der Waals surface area contributed by atoms with Crippen LogP contribution in [-0.2, 0) is 4.79 Å². The van der Waals surface area contributed by atoms with Crippen LogP contribution < -0.4 is 20.1 Å². The molecule has 3 aromatic carbocycles. The molecule has 37 heavy (non-hydrogen) atoms. The molecule has 0 spiro atoms. The number of nitrogens with zero attached hydrogens (tertiary/aromatic N) is 2. The molecule has 4 aromatic rings. The second kappa shape index (κ2) is 11.0. The highest BCUT2D eigenvalue weighted by molar-refractivity contribution is 6.03. The van der Waals surface area contributed by atoms with Gasteiger partial charge >= 0.3 is 0 Å². The molecule has 8 heteroatoms. The van der Waals surface area contributed by atoms with Crippen molar-refractivity contribution in [3.63, 3.8) is 0 Å². The standard InChI is InChI=1S/C29H30N4O4/c1-18-13-19(2)27(20(3)14-18)31-26(34)16-30-29(35)23-17-33(22-9-7-6-8-10-22)32-28(23)21-11-12-24(36-4)25(15-21)37-5/h6-15,17H,16H2,1-5H3,(H,30,35)(H,31,34). The second-order valence-electron chi connectivity index (χ2n) is 8.75. The summed E-state index contributed by atoms with van der Waals surface area (Å²) in [5.74, 6) is 0.355. The topological polar surface area (TPSA) is 94.5 Å². The van der Waals surface area contributed by atoms with Crippen LogP contribution in [0.25, 0.3) is 16.9 Å². The highest BCUT2D eigenvalue weighted by Crippen LogP contribution is 2.33. The minimum atomic E-state index is -0.417. The molecule has 0 saturated carbocycles. The van der Waals surface area contributed by atoms with Crippen LogP contribution in [0.5, 0.6) is 11.5 Å². The number of rotatable bonds is 8. The summed E-state index contributed by atoms with van der Waals surface area (Å²) in [5.41, 5.74) is 6.07. The number of carbonyl (C=O) groups excluding carboxylic acids is 2. The number of aryl methyl sites for hydroxylation is 3. The van der Waals surface area contributed by atoms with E-state index in [9.17, 15) is 9.59 Å². The lowest BCUT2D eigenvalue weighted by molar-refractivity contribution is -0.115. The smallest absolute Gasteiger partial charge is 0.255 e. The van der Waals surface area contributed by atoms with Gasteiger partial charge in [0.1, 0.15) is 5.69 Å². The van der Waals surface area contributed by atoms with Crippen molar-refractivity contribution < 1.29 is 19.1 Å². The van der Waals surface area contributed by atoms with Crippen molar-refractivity contribution in [3.8, 4) is 28.4 Å². The summed E-state index contributed by atoms with van der Waals surface area (Å²) in [4.78, 5) is 26.0. The maximum Gasteiger partial charge on any atom is 0.255 e. The van der Waals surface area contributed by atoms with E-state index in [1.54, 1.807) is 37.2 Å². The third kappa shape index (κ3) is 5.64. The Morgan fingerprint density at radius 3 is 2.22 bits per heavy atom. The van der Waals surface area contributed by atoms with Crippen LogP contribution >= 0.6 is 0 Å². The molecule has 0 atom stereocenters. The zero-order valence-corrected chi connectivity index (χ0v) is 21.6.